The monoisotopic (exact) mass is 496 g/mol. The van der Waals surface area contributed by atoms with Crippen molar-refractivity contribution in [2.24, 2.45) is 5.92 Å². The summed E-state index contributed by atoms with van der Waals surface area (Å²) < 4.78 is 48.8. The van der Waals surface area contributed by atoms with Crippen molar-refractivity contribution in [2.45, 2.75) is 87.9 Å². The third-order valence-corrected chi connectivity index (χ3v) is 8.36. The van der Waals surface area contributed by atoms with E-state index in [-0.39, 0.29) is 28.8 Å². The van der Waals surface area contributed by atoms with Crippen molar-refractivity contribution >= 4 is 15.9 Å². The van der Waals surface area contributed by atoms with Crippen LogP contribution in [0.2, 0.25) is 0 Å². The topological polar surface area (TPSA) is 76.2 Å². The fourth-order valence-electron chi connectivity index (χ4n) is 5.56. The molecule has 1 aromatic carbocycles. The van der Waals surface area contributed by atoms with E-state index in [9.17, 15) is 17.6 Å². The van der Waals surface area contributed by atoms with Crippen LogP contribution in [0.4, 0.5) is 9.18 Å². The minimum absolute atomic E-state index is 0.0430. The summed E-state index contributed by atoms with van der Waals surface area (Å²) in [5, 5.41) is 0. The normalized spacial score (nSPS) is 28.1. The van der Waals surface area contributed by atoms with Crippen molar-refractivity contribution in [1.82, 2.24) is 9.80 Å². The van der Waals surface area contributed by atoms with Crippen LogP contribution in [0, 0.1) is 11.7 Å². The lowest BCUT2D eigenvalue weighted by Crippen LogP contribution is -2.59. The van der Waals surface area contributed by atoms with Crippen LogP contribution >= 0.6 is 0 Å². The van der Waals surface area contributed by atoms with Crippen LogP contribution in [0.5, 0.6) is 5.75 Å². The first-order valence-electron chi connectivity index (χ1n) is 12.3. The molecule has 2 aliphatic heterocycles. The molecule has 0 aromatic heterocycles. The standard InChI is InChI=1S/C25H37FN2O5S/c1-25(2,3)33-24(29)28-19-9-10-20(28)15-27(14-19)18-7-5-17(6-8-18)16-32-23-12-11-21(13-22(23)26)34(4,30)31/h11-13,17-20H,5-10,14-16H2,1-4H3/t17-,18-,19?,20?. The number of benzene rings is 1. The molecule has 4 rings (SSSR count). The van der Waals surface area contributed by atoms with Gasteiger partial charge in [-0.3, -0.25) is 9.80 Å². The molecule has 3 aliphatic rings. The summed E-state index contributed by atoms with van der Waals surface area (Å²) in [4.78, 5) is 17.2. The largest absolute Gasteiger partial charge is 0.490 e. The van der Waals surface area contributed by atoms with Gasteiger partial charge in [0.15, 0.2) is 21.4 Å². The molecule has 0 spiro atoms. The molecule has 2 bridgehead atoms. The summed E-state index contributed by atoms with van der Waals surface area (Å²) in [5.74, 6) is -0.190. The molecule has 2 heterocycles. The van der Waals surface area contributed by atoms with Gasteiger partial charge in [0.2, 0.25) is 0 Å². The van der Waals surface area contributed by atoms with Gasteiger partial charge in [0.1, 0.15) is 5.60 Å². The molecule has 34 heavy (non-hydrogen) atoms. The molecule has 190 valence electrons. The summed E-state index contributed by atoms with van der Waals surface area (Å²) in [6.07, 6.45) is 7.09. The number of nitrogens with zero attached hydrogens (tertiary/aromatic N) is 2. The maximum absolute atomic E-state index is 14.3. The van der Waals surface area contributed by atoms with Gasteiger partial charge in [0.05, 0.1) is 11.5 Å². The number of carbonyl (C=O) groups is 1. The Bertz CT molecular complexity index is 987. The predicted octanol–water partition coefficient (Wildman–Crippen LogP) is 4.25. The smallest absolute Gasteiger partial charge is 0.410 e. The minimum Gasteiger partial charge on any atom is -0.490 e. The Balaban J connectivity index is 1.25. The molecular weight excluding hydrogens is 459 g/mol. The molecule has 1 amide bonds. The van der Waals surface area contributed by atoms with E-state index in [2.05, 4.69) is 4.90 Å². The van der Waals surface area contributed by atoms with Crippen LogP contribution in [0.1, 0.15) is 59.3 Å². The summed E-state index contributed by atoms with van der Waals surface area (Å²) in [6.45, 7) is 7.96. The summed E-state index contributed by atoms with van der Waals surface area (Å²) in [6, 6.07) is 4.77. The Morgan fingerprint density at radius 3 is 2.15 bits per heavy atom. The second-order valence-electron chi connectivity index (χ2n) is 11.1. The van der Waals surface area contributed by atoms with Gasteiger partial charge >= 0.3 is 6.09 Å². The van der Waals surface area contributed by atoms with E-state index in [1.165, 1.54) is 12.1 Å². The number of likely N-dealkylation sites (tertiary alicyclic amines) is 1. The Hall–Kier alpha value is -1.87. The van der Waals surface area contributed by atoms with E-state index in [1.807, 2.05) is 25.7 Å². The SMILES string of the molecule is CC(C)(C)OC(=O)N1C2CCC1CN([C@H]1CC[C@H](COc3ccc(S(C)(=O)=O)cc3F)CC1)C2. The highest BCUT2D eigenvalue weighted by molar-refractivity contribution is 7.90. The van der Waals surface area contributed by atoms with Crippen LogP contribution in [0.15, 0.2) is 23.1 Å². The first-order valence-corrected chi connectivity index (χ1v) is 14.2. The highest BCUT2D eigenvalue weighted by Gasteiger charge is 2.45. The molecule has 1 saturated carbocycles. The van der Waals surface area contributed by atoms with Gasteiger partial charge in [-0.2, -0.15) is 0 Å². The molecule has 2 unspecified atom stereocenters. The number of sulfone groups is 1. The molecule has 2 saturated heterocycles. The van der Waals surface area contributed by atoms with E-state index in [0.717, 1.165) is 63.9 Å². The third kappa shape index (κ3) is 5.85. The number of piperazine rings is 1. The lowest BCUT2D eigenvalue weighted by atomic mass is 9.85. The molecule has 2 atom stereocenters. The van der Waals surface area contributed by atoms with Crippen molar-refractivity contribution in [2.75, 3.05) is 26.0 Å². The van der Waals surface area contributed by atoms with Gasteiger partial charge in [0, 0.05) is 37.5 Å². The summed E-state index contributed by atoms with van der Waals surface area (Å²) in [5.41, 5.74) is -0.479. The third-order valence-electron chi connectivity index (χ3n) is 7.25. The zero-order valence-electron chi connectivity index (χ0n) is 20.6. The first-order chi connectivity index (χ1) is 15.9. The van der Waals surface area contributed by atoms with Crippen molar-refractivity contribution in [3.05, 3.63) is 24.0 Å². The fourth-order valence-corrected chi connectivity index (χ4v) is 6.19. The van der Waals surface area contributed by atoms with Crippen LogP contribution in [0.25, 0.3) is 0 Å². The van der Waals surface area contributed by atoms with Crippen LogP contribution in [-0.4, -0.2) is 74.0 Å². The number of carbonyl (C=O) groups excluding carboxylic acids is 1. The van der Waals surface area contributed by atoms with E-state index in [0.29, 0.717) is 18.6 Å². The van der Waals surface area contributed by atoms with E-state index >= 15 is 0 Å². The van der Waals surface area contributed by atoms with Crippen LogP contribution in [0.3, 0.4) is 0 Å². The van der Waals surface area contributed by atoms with Gasteiger partial charge in [-0.05, 0) is 83.4 Å². The molecule has 7 nitrogen and oxygen atoms in total. The quantitative estimate of drug-likeness (QED) is 0.607. The van der Waals surface area contributed by atoms with Crippen LogP contribution < -0.4 is 4.74 Å². The number of fused-ring (bicyclic) bond motifs is 2. The molecule has 1 aromatic rings. The Morgan fingerprint density at radius 2 is 1.62 bits per heavy atom. The van der Waals surface area contributed by atoms with Crippen molar-refractivity contribution in [3.63, 3.8) is 0 Å². The second-order valence-corrected chi connectivity index (χ2v) is 13.1. The highest BCUT2D eigenvalue weighted by Crippen LogP contribution is 2.36. The Kier molecular flexibility index (Phi) is 7.16. The number of rotatable bonds is 5. The van der Waals surface area contributed by atoms with Crippen molar-refractivity contribution in [1.29, 1.82) is 0 Å². The molecule has 0 N–H and O–H groups in total. The number of hydrogen-bond acceptors (Lipinski definition) is 6. The number of ether oxygens (including phenoxy) is 2. The molecule has 0 radical (unpaired) electrons. The van der Waals surface area contributed by atoms with E-state index in [4.69, 9.17) is 9.47 Å². The average Bonchev–Trinajstić information content (AvgIpc) is 3.01. The van der Waals surface area contributed by atoms with Gasteiger partial charge in [-0.15, -0.1) is 0 Å². The predicted molar refractivity (Wildman–Crippen MR) is 127 cm³/mol. The second kappa shape index (κ2) is 9.64. The lowest BCUT2D eigenvalue weighted by molar-refractivity contribution is -0.0158. The minimum atomic E-state index is -3.44. The number of hydrogen-bond donors (Lipinski definition) is 0. The zero-order valence-corrected chi connectivity index (χ0v) is 21.4. The number of amides is 1. The Morgan fingerprint density at radius 1 is 1.03 bits per heavy atom. The summed E-state index contributed by atoms with van der Waals surface area (Å²) >= 11 is 0. The van der Waals surface area contributed by atoms with E-state index in [1.54, 1.807) is 0 Å². The van der Waals surface area contributed by atoms with Gasteiger partial charge < -0.3 is 9.47 Å². The maximum atomic E-state index is 14.3. The van der Waals surface area contributed by atoms with E-state index < -0.39 is 21.3 Å². The van der Waals surface area contributed by atoms with Gasteiger partial charge in [0.25, 0.3) is 0 Å². The number of halogens is 1. The average molecular weight is 497 g/mol. The fraction of sp³-hybridized carbons (Fsp3) is 0.720. The van der Waals surface area contributed by atoms with Crippen LogP contribution in [-0.2, 0) is 14.6 Å². The van der Waals surface area contributed by atoms with Gasteiger partial charge in [-0.1, -0.05) is 0 Å². The molecule has 3 fully saturated rings. The van der Waals surface area contributed by atoms with Crippen molar-refractivity contribution < 1.29 is 27.1 Å². The summed E-state index contributed by atoms with van der Waals surface area (Å²) in [7, 11) is -3.44. The molecular formula is C25H37FN2O5S. The lowest BCUT2D eigenvalue weighted by Gasteiger charge is -2.46. The molecule has 1 aliphatic carbocycles. The first kappa shape index (κ1) is 25.2. The van der Waals surface area contributed by atoms with Gasteiger partial charge in [-0.25, -0.2) is 17.6 Å². The Labute approximate surface area is 202 Å². The zero-order chi connectivity index (χ0) is 24.7. The maximum Gasteiger partial charge on any atom is 0.410 e. The highest BCUT2D eigenvalue weighted by atomic mass is 32.2. The van der Waals surface area contributed by atoms with Crippen molar-refractivity contribution in [3.8, 4) is 5.75 Å². The molecule has 9 heteroatoms.